The van der Waals surface area contributed by atoms with Crippen LogP contribution in [0.25, 0.3) is 0 Å². The third-order valence-corrected chi connectivity index (χ3v) is 2.76. The van der Waals surface area contributed by atoms with Gasteiger partial charge in [-0.3, -0.25) is 0 Å². The van der Waals surface area contributed by atoms with Crippen molar-refractivity contribution in [3.63, 3.8) is 0 Å². The van der Waals surface area contributed by atoms with Crippen LogP contribution in [0.5, 0.6) is 0 Å². The summed E-state index contributed by atoms with van der Waals surface area (Å²) in [5.74, 6) is -0.874. The number of carboxylic acid groups (broad SMARTS) is 1. The van der Waals surface area contributed by atoms with Crippen LogP contribution in [0.4, 0.5) is 0 Å². The van der Waals surface area contributed by atoms with Crippen molar-refractivity contribution in [1.29, 1.82) is 0 Å². The molecule has 0 aliphatic heterocycles. The topological polar surface area (TPSA) is 49.3 Å². The smallest absolute Gasteiger partial charge is 0.328 e. The number of hydrogen-bond donors (Lipinski definition) is 2. The van der Waals surface area contributed by atoms with E-state index in [1.807, 2.05) is 0 Å². The fraction of sp³-hybridized carbons (Fsp3) is 0.727. The summed E-state index contributed by atoms with van der Waals surface area (Å²) in [6.45, 7) is 3.91. The molecule has 0 aromatic carbocycles. The molecule has 1 fully saturated rings. The summed E-state index contributed by atoms with van der Waals surface area (Å²) in [5.41, 5.74) is 0.547. The molecular formula is C11H19NO2. The summed E-state index contributed by atoms with van der Waals surface area (Å²) in [6.07, 6.45) is 8.04. The van der Waals surface area contributed by atoms with Crippen molar-refractivity contribution in [3.05, 3.63) is 12.2 Å². The van der Waals surface area contributed by atoms with Gasteiger partial charge in [-0.15, -0.1) is 0 Å². The van der Waals surface area contributed by atoms with E-state index in [0.717, 1.165) is 6.54 Å². The van der Waals surface area contributed by atoms with Crippen LogP contribution in [0.15, 0.2) is 12.2 Å². The van der Waals surface area contributed by atoms with Gasteiger partial charge >= 0.3 is 5.97 Å². The van der Waals surface area contributed by atoms with Gasteiger partial charge in [0.15, 0.2) is 0 Å². The first-order chi connectivity index (χ1) is 6.68. The molecule has 0 bridgehead atoms. The fourth-order valence-corrected chi connectivity index (χ4v) is 1.80. The Kier molecular flexibility index (Phi) is 4.14. The summed E-state index contributed by atoms with van der Waals surface area (Å²) in [5, 5.41) is 11.6. The molecule has 0 heterocycles. The molecule has 0 unspecified atom stereocenters. The Bertz CT molecular complexity index is 219. The van der Waals surface area contributed by atoms with Gasteiger partial charge < -0.3 is 10.4 Å². The van der Waals surface area contributed by atoms with Crippen molar-refractivity contribution >= 4 is 5.97 Å². The molecule has 3 heteroatoms. The molecule has 0 aromatic heterocycles. The van der Waals surface area contributed by atoms with E-state index in [1.54, 1.807) is 6.08 Å². The zero-order valence-electron chi connectivity index (χ0n) is 8.75. The predicted octanol–water partition coefficient (Wildman–Crippen LogP) is 1.80. The molecular weight excluding hydrogens is 178 g/mol. The van der Waals surface area contributed by atoms with Crippen molar-refractivity contribution in [1.82, 2.24) is 5.32 Å². The Balaban J connectivity index is 2.06. The van der Waals surface area contributed by atoms with E-state index in [-0.39, 0.29) is 0 Å². The lowest BCUT2D eigenvalue weighted by Crippen LogP contribution is -2.24. The second-order valence-electron chi connectivity index (χ2n) is 4.12. The van der Waals surface area contributed by atoms with E-state index in [2.05, 4.69) is 12.2 Å². The van der Waals surface area contributed by atoms with Crippen LogP contribution in [0.3, 0.4) is 0 Å². The SMILES string of the molecule is CCCC1(CNC/C=C/C(=O)O)CC1. The number of hydrogen-bond acceptors (Lipinski definition) is 2. The molecule has 1 saturated carbocycles. The third-order valence-electron chi connectivity index (χ3n) is 2.76. The van der Waals surface area contributed by atoms with E-state index in [0.29, 0.717) is 12.0 Å². The van der Waals surface area contributed by atoms with Crippen molar-refractivity contribution in [2.75, 3.05) is 13.1 Å². The maximum Gasteiger partial charge on any atom is 0.328 e. The van der Waals surface area contributed by atoms with Gasteiger partial charge in [0.2, 0.25) is 0 Å². The maximum atomic E-state index is 10.2. The summed E-state index contributed by atoms with van der Waals surface area (Å²) in [4.78, 5) is 10.2. The molecule has 0 saturated heterocycles. The lowest BCUT2D eigenvalue weighted by Gasteiger charge is -2.13. The summed E-state index contributed by atoms with van der Waals surface area (Å²) >= 11 is 0. The first-order valence-corrected chi connectivity index (χ1v) is 5.29. The molecule has 1 rings (SSSR count). The van der Waals surface area contributed by atoms with Gasteiger partial charge in [-0.2, -0.15) is 0 Å². The highest BCUT2D eigenvalue weighted by Crippen LogP contribution is 2.48. The van der Waals surface area contributed by atoms with Gasteiger partial charge in [0.1, 0.15) is 0 Å². The molecule has 1 aliphatic rings. The Morgan fingerprint density at radius 2 is 2.29 bits per heavy atom. The Hall–Kier alpha value is -0.830. The highest BCUT2D eigenvalue weighted by Gasteiger charge is 2.40. The lowest BCUT2D eigenvalue weighted by atomic mass is 10.0. The van der Waals surface area contributed by atoms with Gasteiger partial charge in [0.05, 0.1) is 0 Å². The monoisotopic (exact) mass is 197 g/mol. The molecule has 0 aromatic rings. The van der Waals surface area contributed by atoms with Crippen LogP contribution >= 0.6 is 0 Å². The van der Waals surface area contributed by atoms with Gasteiger partial charge in [-0.1, -0.05) is 19.4 Å². The van der Waals surface area contributed by atoms with Gasteiger partial charge in [-0.05, 0) is 24.7 Å². The molecule has 0 spiro atoms. The number of nitrogens with one attached hydrogen (secondary N) is 1. The molecule has 0 atom stereocenters. The highest BCUT2D eigenvalue weighted by atomic mass is 16.4. The van der Waals surface area contributed by atoms with Crippen molar-refractivity contribution < 1.29 is 9.90 Å². The molecule has 14 heavy (non-hydrogen) atoms. The minimum absolute atomic E-state index is 0.547. The van der Waals surface area contributed by atoms with E-state index < -0.39 is 5.97 Å². The number of aliphatic carboxylic acids is 1. The summed E-state index contributed by atoms with van der Waals surface area (Å²) in [6, 6.07) is 0. The maximum absolute atomic E-state index is 10.2. The fourth-order valence-electron chi connectivity index (χ4n) is 1.80. The average Bonchev–Trinajstić information content (AvgIpc) is 2.85. The number of rotatable bonds is 7. The molecule has 0 radical (unpaired) electrons. The molecule has 80 valence electrons. The van der Waals surface area contributed by atoms with Crippen molar-refractivity contribution in [2.24, 2.45) is 5.41 Å². The quantitative estimate of drug-likeness (QED) is 0.483. The molecule has 2 N–H and O–H groups in total. The van der Waals surface area contributed by atoms with Crippen LogP contribution in [0.2, 0.25) is 0 Å². The largest absolute Gasteiger partial charge is 0.478 e. The van der Waals surface area contributed by atoms with E-state index in [4.69, 9.17) is 5.11 Å². The standard InChI is InChI=1S/C11H19NO2/c1-2-5-11(6-7-11)9-12-8-3-4-10(13)14/h3-4,12H,2,5-9H2,1H3,(H,13,14)/b4-3+. The summed E-state index contributed by atoms with van der Waals surface area (Å²) < 4.78 is 0. The molecule has 3 nitrogen and oxygen atoms in total. The average molecular weight is 197 g/mol. The Labute approximate surface area is 85.2 Å². The number of carbonyl (C=O) groups is 1. The highest BCUT2D eigenvalue weighted by molar-refractivity contribution is 5.79. The minimum atomic E-state index is -0.874. The van der Waals surface area contributed by atoms with Crippen molar-refractivity contribution in [3.8, 4) is 0 Å². The lowest BCUT2D eigenvalue weighted by molar-refractivity contribution is -0.131. The first-order valence-electron chi connectivity index (χ1n) is 5.29. The van der Waals surface area contributed by atoms with Crippen LogP contribution in [0, 0.1) is 5.41 Å². The van der Waals surface area contributed by atoms with E-state index in [9.17, 15) is 4.79 Å². The molecule has 0 amide bonds. The second kappa shape index (κ2) is 5.15. The second-order valence-corrected chi connectivity index (χ2v) is 4.12. The Morgan fingerprint density at radius 1 is 1.57 bits per heavy atom. The van der Waals surface area contributed by atoms with Crippen LogP contribution in [-0.4, -0.2) is 24.2 Å². The van der Waals surface area contributed by atoms with E-state index in [1.165, 1.54) is 31.8 Å². The number of carboxylic acids is 1. The zero-order valence-corrected chi connectivity index (χ0v) is 8.75. The Morgan fingerprint density at radius 3 is 2.79 bits per heavy atom. The van der Waals surface area contributed by atoms with E-state index >= 15 is 0 Å². The minimum Gasteiger partial charge on any atom is -0.478 e. The van der Waals surface area contributed by atoms with Gasteiger partial charge in [0, 0.05) is 19.2 Å². The van der Waals surface area contributed by atoms with Gasteiger partial charge in [-0.25, -0.2) is 4.79 Å². The predicted molar refractivity (Wildman–Crippen MR) is 56.2 cm³/mol. The zero-order chi connectivity index (χ0) is 10.4. The van der Waals surface area contributed by atoms with Crippen LogP contribution in [0.1, 0.15) is 32.6 Å². The molecule has 1 aliphatic carbocycles. The van der Waals surface area contributed by atoms with Crippen LogP contribution in [-0.2, 0) is 4.79 Å². The van der Waals surface area contributed by atoms with Crippen LogP contribution < -0.4 is 5.32 Å². The summed E-state index contributed by atoms with van der Waals surface area (Å²) in [7, 11) is 0. The normalized spacial score (nSPS) is 18.6. The third kappa shape index (κ3) is 3.92. The first kappa shape index (κ1) is 11.2. The van der Waals surface area contributed by atoms with Crippen molar-refractivity contribution in [2.45, 2.75) is 32.6 Å². The van der Waals surface area contributed by atoms with Gasteiger partial charge in [0.25, 0.3) is 0 Å².